The zero-order valence-electron chi connectivity index (χ0n) is 14.3. The predicted octanol–water partition coefficient (Wildman–Crippen LogP) is 3.86. The number of nitrogens with one attached hydrogen (secondary N) is 2. The van der Waals surface area contributed by atoms with Gasteiger partial charge < -0.3 is 19.8 Å². The summed E-state index contributed by atoms with van der Waals surface area (Å²) in [5, 5.41) is 4.06. The molecule has 2 aromatic carbocycles. The summed E-state index contributed by atoms with van der Waals surface area (Å²) in [5.74, 6) is 1.29. The van der Waals surface area contributed by atoms with E-state index < -0.39 is 5.41 Å². The van der Waals surface area contributed by atoms with Crippen LogP contribution in [0, 0.1) is 0 Å². The van der Waals surface area contributed by atoms with E-state index >= 15 is 0 Å². The lowest BCUT2D eigenvalue weighted by Gasteiger charge is -2.24. The lowest BCUT2D eigenvalue weighted by Crippen LogP contribution is -2.34. The van der Waals surface area contributed by atoms with Crippen LogP contribution in [0.25, 0.3) is 10.9 Å². The Labute approximate surface area is 146 Å². The van der Waals surface area contributed by atoms with Crippen LogP contribution in [0.1, 0.15) is 19.4 Å². The van der Waals surface area contributed by atoms with Crippen molar-refractivity contribution in [2.45, 2.75) is 19.3 Å². The van der Waals surface area contributed by atoms with Gasteiger partial charge in [-0.05, 0) is 37.6 Å². The van der Waals surface area contributed by atoms with Gasteiger partial charge in [-0.15, -0.1) is 0 Å². The molecule has 0 fully saturated rings. The molecule has 3 aromatic rings. The Bertz CT molecular complexity index is 943. The first-order chi connectivity index (χ1) is 12.1. The molecule has 0 unspecified atom stereocenters. The maximum Gasteiger partial charge on any atom is 0.234 e. The number of anilines is 1. The molecular weight excluding hydrogens is 316 g/mol. The number of hydrogen-bond donors (Lipinski definition) is 2. The number of benzene rings is 2. The van der Waals surface area contributed by atoms with Crippen LogP contribution in [0.5, 0.6) is 11.5 Å². The third-order valence-corrected chi connectivity index (χ3v) is 4.63. The second-order valence-corrected chi connectivity index (χ2v) is 6.69. The molecule has 4 rings (SSSR count). The van der Waals surface area contributed by atoms with E-state index in [1.54, 1.807) is 6.07 Å². The summed E-state index contributed by atoms with van der Waals surface area (Å²) in [6.07, 6.45) is 1.91. The minimum atomic E-state index is -0.688. The molecule has 1 aliphatic rings. The van der Waals surface area contributed by atoms with E-state index in [1.807, 2.05) is 56.4 Å². The molecule has 2 N–H and O–H groups in total. The zero-order chi connectivity index (χ0) is 17.4. The minimum absolute atomic E-state index is 0.0751. The van der Waals surface area contributed by atoms with Crippen molar-refractivity contribution in [3.05, 3.63) is 54.2 Å². The lowest BCUT2D eigenvalue weighted by molar-refractivity contribution is -0.120. The van der Waals surface area contributed by atoms with Gasteiger partial charge in [-0.2, -0.15) is 0 Å². The molecule has 0 spiro atoms. The topological polar surface area (TPSA) is 63.4 Å². The molecular formula is C20H20N2O3. The van der Waals surface area contributed by atoms with Crippen molar-refractivity contribution in [1.82, 2.24) is 4.98 Å². The molecule has 1 amide bonds. The lowest BCUT2D eigenvalue weighted by atomic mass is 9.83. The van der Waals surface area contributed by atoms with E-state index in [2.05, 4.69) is 10.3 Å². The Kier molecular flexibility index (Phi) is 3.64. The summed E-state index contributed by atoms with van der Waals surface area (Å²) in [7, 11) is 0. The van der Waals surface area contributed by atoms with E-state index in [-0.39, 0.29) is 5.91 Å². The average molecular weight is 336 g/mol. The number of carbonyl (C=O) groups excluding carboxylic acids is 1. The number of carbonyl (C=O) groups is 1. The number of rotatable bonds is 3. The maximum absolute atomic E-state index is 12.9. The van der Waals surface area contributed by atoms with Crippen LogP contribution in [0.2, 0.25) is 0 Å². The van der Waals surface area contributed by atoms with Crippen LogP contribution in [-0.4, -0.2) is 24.1 Å². The summed E-state index contributed by atoms with van der Waals surface area (Å²) in [5.41, 5.74) is 2.00. The molecule has 0 saturated heterocycles. The molecule has 0 atom stereocenters. The van der Waals surface area contributed by atoms with Gasteiger partial charge in [0, 0.05) is 28.9 Å². The molecule has 5 heteroatoms. The first-order valence-corrected chi connectivity index (χ1v) is 8.33. The first kappa shape index (κ1) is 15.6. The highest BCUT2D eigenvalue weighted by molar-refractivity contribution is 6.02. The van der Waals surface area contributed by atoms with Gasteiger partial charge in [-0.3, -0.25) is 4.79 Å². The molecule has 25 heavy (non-hydrogen) atoms. The number of para-hydroxylation sites is 1. The number of ether oxygens (including phenoxy) is 2. The zero-order valence-corrected chi connectivity index (χ0v) is 14.3. The standard InChI is InChI=1S/C20H20N2O3/c1-20(2,15-12-21-16-6-4-3-5-14(15)16)19(23)22-13-7-8-17-18(11-13)25-10-9-24-17/h3-8,11-12,21H,9-10H2,1-2H3,(H,22,23). The predicted molar refractivity (Wildman–Crippen MR) is 97.4 cm³/mol. The quantitative estimate of drug-likeness (QED) is 0.763. The van der Waals surface area contributed by atoms with E-state index in [0.717, 1.165) is 16.5 Å². The van der Waals surface area contributed by atoms with E-state index in [4.69, 9.17) is 9.47 Å². The van der Waals surface area contributed by atoms with Crippen LogP contribution < -0.4 is 14.8 Å². The SMILES string of the molecule is CC(C)(C(=O)Nc1ccc2c(c1)OCCO2)c1c[nH]c2ccccc12. The first-order valence-electron chi connectivity index (χ1n) is 8.33. The smallest absolute Gasteiger partial charge is 0.234 e. The van der Waals surface area contributed by atoms with Crippen molar-refractivity contribution in [3.8, 4) is 11.5 Å². The molecule has 5 nitrogen and oxygen atoms in total. The molecule has 0 bridgehead atoms. The minimum Gasteiger partial charge on any atom is -0.486 e. The highest BCUT2D eigenvalue weighted by Gasteiger charge is 2.32. The molecule has 128 valence electrons. The summed E-state index contributed by atoms with van der Waals surface area (Å²) in [6, 6.07) is 13.4. The summed E-state index contributed by atoms with van der Waals surface area (Å²) in [4.78, 5) is 16.2. The Hall–Kier alpha value is -2.95. The molecule has 2 heterocycles. The Morgan fingerprint density at radius 2 is 1.84 bits per heavy atom. The Morgan fingerprint density at radius 3 is 2.68 bits per heavy atom. The fourth-order valence-corrected chi connectivity index (χ4v) is 3.12. The van der Waals surface area contributed by atoms with Crippen LogP contribution in [0.3, 0.4) is 0 Å². The average Bonchev–Trinajstić information content (AvgIpc) is 3.06. The summed E-state index contributed by atoms with van der Waals surface area (Å²) < 4.78 is 11.1. The fourth-order valence-electron chi connectivity index (χ4n) is 3.12. The number of aromatic amines is 1. The molecule has 0 saturated carbocycles. The highest BCUT2D eigenvalue weighted by atomic mass is 16.6. The Morgan fingerprint density at radius 1 is 1.08 bits per heavy atom. The van der Waals surface area contributed by atoms with E-state index in [1.165, 1.54) is 0 Å². The van der Waals surface area contributed by atoms with Crippen molar-refractivity contribution >= 4 is 22.5 Å². The van der Waals surface area contributed by atoms with Crippen molar-refractivity contribution in [3.63, 3.8) is 0 Å². The number of fused-ring (bicyclic) bond motifs is 2. The number of amides is 1. The van der Waals surface area contributed by atoms with Gasteiger partial charge in [0.25, 0.3) is 0 Å². The third kappa shape index (κ3) is 2.71. The van der Waals surface area contributed by atoms with Gasteiger partial charge in [0.05, 0.1) is 5.41 Å². The van der Waals surface area contributed by atoms with Crippen molar-refractivity contribution in [2.75, 3.05) is 18.5 Å². The van der Waals surface area contributed by atoms with E-state index in [0.29, 0.717) is 30.4 Å². The van der Waals surface area contributed by atoms with Gasteiger partial charge in [0.15, 0.2) is 11.5 Å². The number of hydrogen-bond acceptors (Lipinski definition) is 3. The highest BCUT2D eigenvalue weighted by Crippen LogP contribution is 2.35. The normalized spacial score (nSPS) is 13.7. The van der Waals surface area contributed by atoms with Crippen LogP contribution in [0.4, 0.5) is 5.69 Å². The van der Waals surface area contributed by atoms with Crippen LogP contribution >= 0.6 is 0 Å². The molecule has 1 aliphatic heterocycles. The van der Waals surface area contributed by atoms with Gasteiger partial charge in [-0.1, -0.05) is 18.2 Å². The summed E-state index contributed by atoms with van der Waals surface area (Å²) >= 11 is 0. The number of aromatic nitrogens is 1. The van der Waals surface area contributed by atoms with Crippen LogP contribution in [0.15, 0.2) is 48.7 Å². The second-order valence-electron chi connectivity index (χ2n) is 6.69. The van der Waals surface area contributed by atoms with Gasteiger partial charge in [-0.25, -0.2) is 0 Å². The fraction of sp³-hybridized carbons (Fsp3) is 0.250. The molecule has 1 aromatic heterocycles. The van der Waals surface area contributed by atoms with Crippen molar-refractivity contribution in [2.24, 2.45) is 0 Å². The maximum atomic E-state index is 12.9. The van der Waals surface area contributed by atoms with Gasteiger partial charge >= 0.3 is 0 Å². The largest absolute Gasteiger partial charge is 0.486 e. The summed E-state index contributed by atoms with van der Waals surface area (Å²) in [6.45, 7) is 4.92. The van der Waals surface area contributed by atoms with Gasteiger partial charge in [0.1, 0.15) is 13.2 Å². The van der Waals surface area contributed by atoms with Crippen LogP contribution in [-0.2, 0) is 10.2 Å². The second kappa shape index (κ2) is 5.84. The monoisotopic (exact) mass is 336 g/mol. The number of H-pyrrole nitrogens is 1. The Balaban J connectivity index is 1.61. The van der Waals surface area contributed by atoms with Crippen molar-refractivity contribution in [1.29, 1.82) is 0 Å². The van der Waals surface area contributed by atoms with E-state index in [9.17, 15) is 4.79 Å². The third-order valence-electron chi connectivity index (χ3n) is 4.63. The van der Waals surface area contributed by atoms with Gasteiger partial charge in [0.2, 0.25) is 5.91 Å². The van der Waals surface area contributed by atoms with Crippen molar-refractivity contribution < 1.29 is 14.3 Å². The molecule has 0 radical (unpaired) electrons. The molecule has 0 aliphatic carbocycles.